The topological polar surface area (TPSA) is 69.1 Å². The van der Waals surface area contributed by atoms with Gasteiger partial charge in [0, 0.05) is 17.7 Å². The lowest BCUT2D eigenvalue weighted by atomic mass is 10.2. The lowest BCUT2D eigenvalue weighted by Crippen LogP contribution is -1.77. The van der Waals surface area contributed by atoms with Crippen molar-refractivity contribution < 1.29 is 10.2 Å². The zero-order chi connectivity index (χ0) is 11.8. The molecule has 5 heteroatoms. The van der Waals surface area contributed by atoms with E-state index in [4.69, 9.17) is 0 Å². The van der Waals surface area contributed by atoms with Crippen molar-refractivity contribution in [3.05, 3.63) is 42.5 Å². The van der Waals surface area contributed by atoms with Crippen molar-refractivity contribution in [2.24, 2.45) is 0 Å². The smallest absolute Gasteiger partial charge is 0.159 e. The Labute approximate surface area is 114 Å². The van der Waals surface area contributed by atoms with E-state index in [1.54, 1.807) is 0 Å². The summed E-state index contributed by atoms with van der Waals surface area (Å²) in [5.41, 5.74) is 2.28. The number of hydrogen-bond acceptors (Lipinski definition) is 3. The fourth-order valence-corrected chi connectivity index (χ4v) is 1.77. The lowest BCUT2D eigenvalue weighted by molar-refractivity contribution is 0.405. The molecular formula is C13H11BrN2O2. The third kappa shape index (κ3) is 2.04. The van der Waals surface area contributed by atoms with Crippen LogP contribution in [0.5, 0.6) is 11.5 Å². The van der Waals surface area contributed by atoms with E-state index in [2.05, 4.69) is 9.97 Å². The van der Waals surface area contributed by atoms with Crippen molar-refractivity contribution in [1.82, 2.24) is 9.97 Å². The molecule has 0 aliphatic heterocycles. The first kappa shape index (κ1) is 12.4. The first-order valence-corrected chi connectivity index (χ1v) is 5.21. The van der Waals surface area contributed by atoms with E-state index >= 15 is 0 Å². The molecule has 0 saturated carbocycles. The summed E-state index contributed by atoms with van der Waals surface area (Å²) in [6, 6.07) is 12.6. The van der Waals surface area contributed by atoms with Gasteiger partial charge in [0.25, 0.3) is 0 Å². The molecule has 0 aliphatic rings. The highest BCUT2D eigenvalue weighted by Crippen LogP contribution is 2.30. The highest BCUT2D eigenvalue weighted by molar-refractivity contribution is 8.93. The number of aromatic amines is 1. The van der Waals surface area contributed by atoms with Gasteiger partial charge in [-0.15, -0.1) is 17.0 Å². The fourth-order valence-electron chi connectivity index (χ4n) is 1.77. The minimum Gasteiger partial charge on any atom is -0.504 e. The van der Waals surface area contributed by atoms with Crippen LogP contribution in [0.15, 0.2) is 42.5 Å². The maximum atomic E-state index is 9.40. The number of phenolic OH excluding ortho intramolecular Hbond substituents is 2. The minimum absolute atomic E-state index is 0. The van der Waals surface area contributed by atoms with Crippen LogP contribution in [0.1, 0.15) is 0 Å². The monoisotopic (exact) mass is 306 g/mol. The Bertz CT molecular complexity index is 641. The van der Waals surface area contributed by atoms with Crippen molar-refractivity contribution in [1.29, 1.82) is 0 Å². The first-order valence-electron chi connectivity index (χ1n) is 5.21. The van der Waals surface area contributed by atoms with Gasteiger partial charge < -0.3 is 15.2 Å². The van der Waals surface area contributed by atoms with Gasteiger partial charge >= 0.3 is 0 Å². The molecule has 3 rings (SSSR count). The molecule has 3 N–H and O–H groups in total. The van der Waals surface area contributed by atoms with Crippen molar-refractivity contribution in [2.45, 2.75) is 0 Å². The number of fused-ring (bicyclic) bond motifs is 1. The van der Waals surface area contributed by atoms with E-state index in [1.807, 2.05) is 30.3 Å². The Balaban J connectivity index is 0.00000120. The molecule has 2 aromatic carbocycles. The van der Waals surface area contributed by atoms with E-state index < -0.39 is 0 Å². The van der Waals surface area contributed by atoms with Crippen molar-refractivity contribution in [2.75, 3.05) is 0 Å². The molecule has 0 spiro atoms. The predicted octanol–water partition coefficient (Wildman–Crippen LogP) is 3.22. The van der Waals surface area contributed by atoms with E-state index in [1.165, 1.54) is 12.1 Å². The number of aromatic hydroxyl groups is 2. The number of imidazole rings is 1. The summed E-state index contributed by atoms with van der Waals surface area (Å²) in [5, 5.41) is 18.8. The molecule has 0 unspecified atom stereocenters. The summed E-state index contributed by atoms with van der Waals surface area (Å²) in [7, 11) is 0. The molecule has 0 radical (unpaired) electrons. The van der Waals surface area contributed by atoms with Gasteiger partial charge in [0.2, 0.25) is 0 Å². The molecule has 4 nitrogen and oxygen atoms in total. The Morgan fingerprint density at radius 1 is 0.944 bits per heavy atom. The normalized spacial score (nSPS) is 10.2. The van der Waals surface area contributed by atoms with Crippen LogP contribution < -0.4 is 0 Å². The van der Waals surface area contributed by atoms with Crippen molar-refractivity contribution >= 4 is 28.0 Å². The summed E-state index contributed by atoms with van der Waals surface area (Å²) < 4.78 is 0. The second kappa shape index (κ2) is 4.70. The largest absolute Gasteiger partial charge is 0.504 e. The number of phenols is 2. The molecule has 0 aliphatic carbocycles. The third-order valence-electron chi connectivity index (χ3n) is 2.63. The van der Waals surface area contributed by atoms with Gasteiger partial charge in [-0.25, -0.2) is 4.98 Å². The first-order chi connectivity index (χ1) is 8.24. The summed E-state index contributed by atoms with van der Waals surface area (Å²) in [6.07, 6.45) is 0. The Kier molecular flexibility index (Phi) is 3.25. The maximum Gasteiger partial charge on any atom is 0.159 e. The van der Waals surface area contributed by atoms with Crippen LogP contribution >= 0.6 is 17.0 Å². The number of rotatable bonds is 1. The molecule has 1 heterocycles. The highest BCUT2D eigenvalue weighted by Gasteiger charge is 2.08. The van der Waals surface area contributed by atoms with E-state index in [-0.39, 0.29) is 28.5 Å². The van der Waals surface area contributed by atoms with Gasteiger partial charge in [0.05, 0.1) is 11.0 Å². The van der Waals surface area contributed by atoms with Crippen LogP contribution in [0, 0.1) is 0 Å². The Morgan fingerprint density at radius 2 is 1.61 bits per heavy atom. The molecule has 0 amide bonds. The molecule has 0 fully saturated rings. The van der Waals surface area contributed by atoms with E-state index in [0.717, 1.165) is 5.56 Å². The third-order valence-corrected chi connectivity index (χ3v) is 2.63. The van der Waals surface area contributed by atoms with Crippen LogP contribution in [-0.2, 0) is 0 Å². The quantitative estimate of drug-likeness (QED) is 0.605. The van der Waals surface area contributed by atoms with E-state index in [9.17, 15) is 10.2 Å². The molecule has 92 valence electrons. The molecule has 0 saturated heterocycles. The van der Waals surface area contributed by atoms with Crippen LogP contribution in [0.4, 0.5) is 0 Å². The summed E-state index contributed by atoms with van der Waals surface area (Å²) in [5.74, 6) is 0.398. The summed E-state index contributed by atoms with van der Waals surface area (Å²) in [6.45, 7) is 0. The molecule has 3 aromatic rings. The zero-order valence-electron chi connectivity index (χ0n) is 9.29. The Hall–Kier alpha value is -2.01. The van der Waals surface area contributed by atoms with Gasteiger partial charge in [-0.2, -0.15) is 0 Å². The maximum absolute atomic E-state index is 9.40. The molecule has 0 bridgehead atoms. The number of hydrogen-bond donors (Lipinski definition) is 3. The predicted molar refractivity (Wildman–Crippen MR) is 75.2 cm³/mol. The molecular weight excluding hydrogens is 296 g/mol. The summed E-state index contributed by atoms with van der Waals surface area (Å²) in [4.78, 5) is 7.46. The second-order valence-electron chi connectivity index (χ2n) is 3.81. The fraction of sp³-hybridized carbons (Fsp3) is 0. The van der Waals surface area contributed by atoms with Crippen LogP contribution in [0.3, 0.4) is 0 Å². The van der Waals surface area contributed by atoms with Crippen LogP contribution in [0.2, 0.25) is 0 Å². The minimum atomic E-state index is -0.163. The van der Waals surface area contributed by atoms with Crippen LogP contribution in [0.25, 0.3) is 22.4 Å². The van der Waals surface area contributed by atoms with Gasteiger partial charge in [-0.05, 0) is 0 Å². The molecule has 0 atom stereocenters. The second-order valence-corrected chi connectivity index (χ2v) is 3.81. The SMILES string of the molecule is Br.Oc1cc2nc(-c3ccccc3)[nH]c2cc1O. The lowest BCUT2D eigenvalue weighted by Gasteiger charge is -1.94. The summed E-state index contributed by atoms with van der Waals surface area (Å²) >= 11 is 0. The molecule has 18 heavy (non-hydrogen) atoms. The average Bonchev–Trinajstić information content (AvgIpc) is 2.74. The number of nitrogens with zero attached hydrogens (tertiary/aromatic N) is 1. The molecule has 1 aromatic heterocycles. The van der Waals surface area contributed by atoms with Gasteiger partial charge in [0.15, 0.2) is 11.5 Å². The zero-order valence-corrected chi connectivity index (χ0v) is 11.0. The van der Waals surface area contributed by atoms with Gasteiger partial charge in [-0.3, -0.25) is 0 Å². The van der Waals surface area contributed by atoms with Gasteiger partial charge in [-0.1, -0.05) is 30.3 Å². The number of halogens is 1. The standard InChI is InChI=1S/C13H10N2O2.BrH/c16-11-6-9-10(7-12(11)17)15-13(14-9)8-4-2-1-3-5-8;/h1-7,16-17H,(H,14,15);1H. The highest BCUT2D eigenvalue weighted by atomic mass is 79.9. The van der Waals surface area contributed by atoms with Crippen molar-refractivity contribution in [3.8, 4) is 22.9 Å². The van der Waals surface area contributed by atoms with Crippen LogP contribution in [-0.4, -0.2) is 20.2 Å². The Morgan fingerprint density at radius 3 is 2.33 bits per heavy atom. The number of H-pyrrole nitrogens is 1. The van der Waals surface area contributed by atoms with Crippen molar-refractivity contribution in [3.63, 3.8) is 0 Å². The number of benzene rings is 2. The number of aromatic nitrogens is 2. The number of nitrogens with one attached hydrogen (secondary N) is 1. The van der Waals surface area contributed by atoms with E-state index in [0.29, 0.717) is 16.9 Å². The average molecular weight is 307 g/mol. The van der Waals surface area contributed by atoms with Gasteiger partial charge in [0.1, 0.15) is 5.82 Å².